The molecule has 0 radical (unpaired) electrons. The van der Waals surface area contributed by atoms with Crippen molar-refractivity contribution in [3.8, 4) is 5.75 Å². The Kier molecular flexibility index (Phi) is 4.69. The van der Waals surface area contributed by atoms with Crippen LogP contribution in [0.5, 0.6) is 5.75 Å². The van der Waals surface area contributed by atoms with E-state index in [2.05, 4.69) is 10.6 Å². The Morgan fingerprint density at radius 2 is 2.06 bits per heavy atom. The van der Waals surface area contributed by atoms with Crippen LogP contribution in [0.4, 0.5) is 5.69 Å². The Labute approximate surface area is 106 Å². The molecule has 0 spiro atoms. The number of aromatic hydroxyl groups is 1. The van der Waals surface area contributed by atoms with E-state index in [0.29, 0.717) is 6.54 Å². The smallest absolute Gasteiger partial charge is 0.238 e. The van der Waals surface area contributed by atoms with E-state index in [1.165, 1.54) is 18.2 Å². The second kappa shape index (κ2) is 5.83. The van der Waals surface area contributed by atoms with Crippen molar-refractivity contribution in [3.05, 3.63) is 18.2 Å². The molecule has 3 N–H and O–H groups in total. The quantitative estimate of drug-likeness (QED) is 0.672. The van der Waals surface area contributed by atoms with Crippen molar-refractivity contribution in [1.82, 2.24) is 5.32 Å². The maximum Gasteiger partial charge on any atom is 0.238 e. The van der Waals surface area contributed by atoms with Gasteiger partial charge in [-0.3, -0.25) is 4.79 Å². The number of carbonyl (C=O) groups is 1. The van der Waals surface area contributed by atoms with Crippen LogP contribution in [0.15, 0.2) is 23.1 Å². The van der Waals surface area contributed by atoms with Crippen LogP contribution in [0.1, 0.15) is 6.92 Å². The zero-order valence-electron chi connectivity index (χ0n) is 10.2. The molecule has 0 aliphatic heterocycles. The number of nitrogens with one attached hydrogen (secondary N) is 2. The van der Waals surface area contributed by atoms with Crippen molar-refractivity contribution < 1.29 is 18.3 Å². The SMILES string of the molecule is CCNCC(=O)Nc1cc(S(C)(=O)=O)ccc1O. The molecule has 0 aliphatic carbocycles. The lowest BCUT2D eigenvalue weighted by molar-refractivity contribution is -0.115. The van der Waals surface area contributed by atoms with Crippen LogP contribution in [0.25, 0.3) is 0 Å². The van der Waals surface area contributed by atoms with E-state index >= 15 is 0 Å². The average Bonchev–Trinajstić information content (AvgIpc) is 2.28. The summed E-state index contributed by atoms with van der Waals surface area (Å²) in [6, 6.07) is 3.75. The van der Waals surface area contributed by atoms with Gasteiger partial charge in [0.1, 0.15) is 5.75 Å². The van der Waals surface area contributed by atoms with Crippen LogP contribution in [0.2, 0.25) is 0 Å². The van der Waals surface area contributed by atoms with Gasteiger partial charge in [0.25, 0.3) is 0 Å². The molecule has 1 rings (SSSR count). The number of benzene rings is 1. The lowest BCUT2D eigenvalue weighted by Gasteiger charge is -2.09. The number of phenols is 1. The highest BCUT2D eigenvalue weighted by Gasteiger charge is 2.12. The summed E-state index contributed by atoms with van der Waals surface area (Å²) in [5.41, 5.74) is 0.0841. The van der Waals surface area contributed by atoms with Gasteiger partial charge in [0.15, 0.2) is 9.84 Å². The molecule has 0 aliphatic rings. The fourth-order valence-corrected chi connectivity index (χ4v) is 1.93. The first kappa shape index (κ1) is 14.5. The minimum absolute atomic E-state index is 0.0408. The fourth-order valence-electron chi connectivity index (χ4n) is 1.28. The maximum absolute atomic E-state index is 11.5. The Morgan fingerprint density at radius 1 is 1.39 bits per heavy atom. The second-order valence-corrected chi connectivity index (χ2v) is 5.80. The van der Waals surface area contributed by atoms with Gasteiger partial charge in [0.05, 0.1) is 17.1 Å². The Bertz CT molecular complexity index is 540. The molecule has 6 nitrogen and oxygen atoms in total. The largest absolute Gasteiger partial charge is 0.506 e. The van der Waals surface area contributed by atoms with E-state index in [1.54, 1.807) is 0 Å². The summed E-state index contributed by atoms with van der Waals surface area (Å²) in [6.45, 7) is 2.59. The molecule has 7 heteroatoms. The monoisotopic (exact) mass is 272 g/mol. The highest BCUT2D eigenvalue weighted by Crippen LogP contribution is 2.26. The van der Waals surface area contributed by atoms with E-state index in [1.807, 2.05) is 6.92 Å². The number of amides is 1. The first-order chi connectivity index (χ1) is 8.34. The third-order valence-corrected chi connectivity index (χ3v) is 3.32. The molecule has 0 unspecified atom stereocenters. The van der Waals surface area contributed by atoms with Crippen molar-refractivity contribution in [2.45, 2.75) is 11.8 Å². The van der Waals surface area contributed by atoms with E-state index < -0.39 is 9.84 Å². The molecular formula is C11H16N2O4S. The molecule has 0 atom stereocenters. The summed E-state index contributed by atoms with van der Waals surface area (Å²) >= 11 is 0. The van der Waals surface area contributed by atoms with Gasteiger partial charge in [0, 0.05) is 6.26 Å². The molecule has 0 heterocycles. The van der Waals surface area contributed by atoms with E-state index in [0.717, 1.165) is 6.26 Å². The molecule has 0 saturated heterocycles. The normalized spacial score (nSPS) is 11.2. The molecule has 0 fully saturated rings. The third-order valence-electron chi connectivity index (χ3n) is 2.21. The standard InChI is InChI=1S/C11H16N2O4S/c1-3-12-7-11(15)13-9-6-8(18(2,16)17)4-5-10(9)14/h4-6,12,14H,3,7H2,1-2H3,(H,13,15). The predicted molar refractivity (Wildman–Crippen MR) is 68.4 cm³/mol. The van der Waals surface area contributed by atoms with E-state index in [4.69, 9.17) is 0 Å². The lowest BCUT2D eigenvalue weighted by Crippen LogP contribution is -2.27. The fraction of sp³-hybridized carbons (Fsp3) is 0.364. The third kappa shape index (κ3) is 4.01. The van der Waals surface area contributed by atoms with Crippen LogP contribution >= 0.6 is 0 Å². The van der Waals surface area contributed by atoms with E-state index in [9.17, 15) is 18.3 Å². The van der Waals surface area contributed by atoms with Gasteiger partial charge in [0.2, 0.25) is 5.91 Å². The number of hydrogen-bond donors (Lipinski definition) is 3. The van der Waals surface area contributed by atoms with Gasteiger partial charge >= 0.3 is 0 Å². The van der Waals surface area contributed by atoms with Gasteiger partial charge in [-0.1, -0.05) is 6.92 Å². The first-order valence-corrected chi connectivity index (χ1v) is 7.27. The number of sulfone groups is 1. The van der Waals surface area contributed by atoms with Crippen LogP contribution in [-0.2, 0) is 14.6 Å². The summed E-state index contributed by atoms with van der Waals surface area (Å²) in [7, 11) is -3.37. The van der Waals surface area contributed by atoms with Crippen molar-refractivity contribution in [3.63, 3.8) is 0 Å². The van der Waals surface area contributed by atoms with Crippen LogP contribution < -0.4 is 10.6 Å². The molecule has 1 aromatic carbocycles. The number of carbonyl (C=O) groups excluding carboxylic acids is 1. The van der Waals surface area contributed by atoms with Gasteiger partial charge < -0.3 is 15.7 Å². The number of anilines is 1. The molecule has 100 valence electrons. The van der Waals surface area contributed by atoms with Gasteiger partial charge in [-0.2, -0.15) is 0 Å². The predicted octanol–water partition coefficient (Wildman–Crippen LogP) is 0.344. The number of hydrogen-bond acceptors (Lipinski definition) is 5. The Hall–Kier alpha value is -1.60. The van der Waals surface area contributed by atoms with Crippen molar-refractivity contribution in [2.24, 2.45) is 0 Å². The molecule has 1 amide bonds. The average molecular weight is 272 g/mol. The molecule has 0 saturated carbocycles. The van der Waals surface area contributed by atoms with Crippen molar-refractivity contribution in [1.29, 1.82) is 0 Å². The van der Waals surface area contributed by atoms with Crippen molar-refractivity contribution in [2.75, 3.05) is 24.7 Å². The Balaban J connectivity index is 2.92. The minimum Gasteiger partial charge on any atom is -0.506 e. The van der Waals surface area contributed by atoms with Gasteiger partial charge in [-0.25, -0.2) is 8.42 Å². The minimum atomic E-state index is -3.37. The number of rotatable bonds is 5. The molecule has 18 heavy (non-hydrogen) atoms. The van der Waals surface area contributed by atoms with Gasteiger partial charge in [-0.05, 0) is 24.7 Å². The first-order valence-electron chi connectivity index (χ1n) is 5.38. The zero-order valence-corrected chi connectivity index (χ0v) is 11.0. The second-order valence-electron chi connectivity index (χ2n) is 3.78. The number of likely N-dealkylation sites (N-methyl/N-ethyl adjacent to an activating group) is 1. The number of phenolic OH excluding ortho intramolecular Hbond substituents is 1. The van der Waals surface area contributed by atoms with Crippen molar-refractivity contribution >= 4 is 21.4 Å². The lowest BCUT2D eigenvalue weighted by atomic mass is 10.3. The summed E-state index contributed by atoms with van der Waals surface area (Å²) in [5.74, 6) is -0.523. The topological polar surface area (TPSA) is 95.5 Å². The van der Waals surface area contributed by atoms with Crippen LogP contribution in [-0.4, -0.2) is 38.8 Å². The molecule has 0 aromatic heterocycles. The van der Waals surface area contributed by atoms with Crippen LogP contribution in [0.3, 0.4) is 0 Å². The highest BCUT2D eigenvalue weighted by molar-refractivity contribution is 7.90. The molecule has 0 bridgehead atoms. The maximum atomic E-state index is 11.5. The summed E-state index contributed by atoms with van der Waals surface area (Å²) in [4.78, 5) is 11.5. The molecule has 1 aromatic rings. The Morgan fingerprint density at radius 3 is 2.61 bits per heavy atom. The highest BCUT2D eigenvalue weighted by atomic mass is 32.2. The summed E-state index contributed by atoms with van der Waals surface area (Å²) in [6.07, 6.45) is 1.06. The molecular weight excluding hydrogens is 256 g/mol. The summed E-state index contributed by atoms with van der Waals surface area (Å²) in [5, 5.41) is 14.8. The van der Waals surface area contributed by atoms with E-state index in [-0.39, 0.29) is 28.8 Å². The zero-order chi connectivity index (χ0) is 13.8. The summed E-state index contributed by atoms with van der Waals surface area (Å²) < 4.78 is 22.7. The van der Waals surface area contributed by atoms with Gasteiger partial charge in [-0.15, -0.1) is 0 Å². The van der Waals surface area contributed by atoms with Crippen LogP contribution in [0, 0.1) is 0 Å².